The van der Waals surface area contributed by atoms with Crippen molar-refractivity contribution in [3.8, 4) is 0 Å². The summed E-state index contributed by atoms with van der Waals surface area (Å²) >= 11 is 0. The fourth-order valence-electron chi connectivity index (χ4n) is 2.12. The van der Waals surface area contributed by atoms with Gasteiger partial charge in [-0.3, -0.25) is 0 Å². The zero-order valence-corrected chi connectivity index (χ0v) is 12.0. The highest BCUT2D eigenvalue weighted by molar-refractivity contribution is 5.55. The molecular weight excluding hydrogens is 248 g/mol. The molecule has 0 radical (unpaired) electrons. The van der Waals surface area contributed by atoms with Gasteiger partial charge < -0.3 is 10.2 Å². The smallest absolute Gasteiger partial charge is 0.229 e. The zero-order chi connectivity index (χ0) is 13.9. The number of benzene rings is 1. The van der Waals surface area contributed by atoms with Crippen molar-refractivity contribution in [1.29, 1.82) is 0 Å². The van der Waals surface area contributed by atoms with Crippen LogP contribution in [0.25, 0.3) is 0 Å². The summed E-state index contributed by atoms with van der Waals surface area (Å²) in [7, 11) is 1.99. The third kappa shape index (κ3) is 2.96. The first-order valence-corrected chi connectivity index (χ1v) is 7.09. The molecule has 4 nitrogen and oxygen atoms in total. The second-order valence-corrected chi connectivity index (χ2v) is 5.33. The van der Waals surface area contributed by atoms with E-state index in [2.05, 4.69) is 27.4 Å². The molecule has 1 heterocycles. The number of aromatic nitrogens is 2. The van der Waals surface area contributed by atoms with Gasteiger partial charge in [-0.15, -0.1) is 0 Å². The molecular formula is C16H20N4. The first kappa shape index (κ1) is 13.1. The first-order chi connectivity index (χ1) is 9.74. The quantitative estimate of drug-likeness (QED) is 0.905. The molecule has 104 valence electrons. The Morgan fingerprint density at radius 2 is 2.00 bits per heavy atom. The third-order valence-corrected chi connectivity index (χ3v) is 3.67. The standard InChI is InChI=1S/C16H20N4/c1-12-13(10-17-14-8-9-14)11-18-16(19-12)20(2)15-6-4-3-5-7-15/h3-7,11,14,17H,8-10H2,1-2H3. The molecule has 3 rings (SSSR count). The van der Waals surface area contributed by atoms with Crippen molar-refractivity contribution in [2.75, 3.05) is 11.9 Å². The maximum absolute atomic E-state index is 4.62. The van der Waals surface area contributed by atoms with Gasteiger partial charge in [-0.25, -0.2) is 9.97 Å². The topological polar surface area (TPSA) is 41.1 Å². The lowest BCUT2D eigenvalue weighted by atomic mass is 10.2. The Bertz CT molecular complexity index is 578. The van der Waals surface area contributed by atoms with Crippen LogP contribution < -0.4 is 10.2 Å². The van der Waals surface area contributed by atoms with Gasteiger partial charge in [0.1, 0.15) is 0 Å². The lowest BCUT2D eigenvalue weighted by Gasteiger charge is -2.18. The van der Waals surface area contributed by atoms with E-state index in [0.29, 0.717) is 6.04 Å². The normalized spacial score (nSPS) is 14.3. The minimum atomic E-state index is 0.709. The highest BCUT2D eigenvalue weighted by Gasteiger charge is 2.20. The van der Waals surface area contributed by atoms with Gasteiger partial charge >= 0.3 is 0 Å². The van der Waals surface area contributed by atoms with E-state index in [4.69, 9.17) is 0 Å². The third-order valence-electron chi connectivity index (χ3n) is 3.67. The van der Waals surface area contributed by atoms with Crippen LogP contribution in [0.15, 0.2) is 36.5 Å². The Morgan fingerprint density at radius 1 is 1.25 bits per heavy atom. The Morgan fingerprint density at radius 3 is 2.65 bits per heavy atom. The predicted octanol–water partition coefficient (Wildman–Crippen LogP) is 2.80. The Hall–Kier alpha value is -1.94. The van der Waals surface area contributed by atoms with E-state index in [0.717, 1.165) is 23.9 Å². The fourth-order valence-corrected chi connectivity index (χ4v) is 2.12. The number of aryl methyl sites for hydroxylation is 1. The summed E-state index contributed by atoms with van der Waals surface area (Å²) < 4.78 is 0. The van der Waals surface area contributed by atoms with Crippen LogP contribution in [0.3, 0.4) is 0 Å². The molecule has 2 aromatic rings. The van der Waals surface area contributed by atoms with Crippen molar-refractivity contribution in [1.82, 2.24) is 15.3 Å². The van der Waals surface area contributed by atoms with E-state index < -0.39 is 0 Å². The van der Waals surface area contributed by atoms with Crippen LogP contribution in [-0.2, 0) is 6.54 Å². The molecule has 0 atom stereocenters. The van der Waals surface area contributed by atoms with Crippen LogP contribution in [0.5, 0.6) is 0 Å². The number of nitrogens with one attached hydrogen (secondary N) is 1. The monoisotopic (exact) mass is 268 g/mol. The second-order valence-electron chi connectivity index (χ2n) is 5.33. The fraction of sp³-hybridized carbons (Fsp3) is 0.375. The molecule has 1 saturated carbocycles. The molecule has 1 aliphatic rings. The van der Waals surface area contributed by atoms with Crippen LogP contribution in [-0.4, -0.2) is 23.1 Å². The average molecular weight is 268 g/mol. The van der Waals surface area contributed by atoms with Gasteiger partial charge in [0, 0.05) is 42.8 Å². The lowest BCUT2D eigenvalue weighted by Crippen LogP contribution is -2.18. The van der Waals surface area contributed by atoms with E-state index >= 15 is 0 Å². The molecule has 0 unspecified atom stereocenters. The van der Waals surface area contributed by atoms with Gasteiger partial charge in [0.25, 0.3) is 0 Å². The Kier molecular flexibility index (Phi) is 3.65. The van der Waals surface area contributed by atoms with Crippen LogP contribution in [0.1, 0.15) is 24.1 Å². The summed E-state index contributed by atoms with van der Waals surface area (Å²) in [6.45, 7) is 2.92. The zero-order valence-electron chi connectivity index (χ0n) is 12.0. The van der Waals surface area contributed by atoms with Gasteiger partial charge in [-0.2, -0.15) is 0 Å². The average Bonchev–Trinajstić information content (AvgIpc) is 3.30. The molecule has 0 aliphatic heterocycles. The number of nitrogens with zero attached hydrogens (tertiary/aromatic N) is 3. The summed E-state index contributed by atoms with van der Waals surface area (Å²) in [5, 5.41) is 3.50. The van der Waals surface area contributed by atoms with Gasteiger partial charge in [0.15, 0.2) is 0 Å². The highest BCUT2D eigenvalue weighted by atomic mass is 15.2. The van der Waals surface area contributed by atoms with Gasteiger partial charge in [0.2, 0.25) is 5.95 Å². The molecule has 20 heavy (non-hydrogen) atoms. The van der Waals surface area contributed by atoms with E-state index in [1.54, 1.807) is 0 Å². The number of para-hydroxylation sites is 1. The van der Waals surface area contributed by atoms with Crippen molar-refractivity contribution in [3.63, 3.8) is 0 Å². The Balaban J connectivity index is 1.75. The first-order valence-electron chi connectivity index (χ1n) is 7.09. The number of hydrogen-bond acceptors (Lipinski definition) is 4. The molecule has 1 fully saturated rings. The lowest BCUT2D eigenvalue weighted by molar-refractivity contribution is 0.679. The maximum Gasteiger partial charge on any atom is 0.229 e. The molecule has 1 aromatic heterocycles. The Labute approximate surface area is 119 Å². The summed E-state index contributed by atoms with van der Waals surface area (Å²) in [6.07, 6.45) is 4.54. The predicted molar refractivity (Wildman–Crippen MR) is 81.1 cm³/mol. The molecule has 0 saturated heterocycles. The van der Waals surface area contributed by atoms with Crippen molar-refractivity contribution >= 4 is 11.6 Å². The van der Waals surface area contributed by atoms with Crippen LogP contribution in [0.4, 0.5) is 11.6 Å². The molecule has 1 aliphatic carbocycles. The van der Waals surface area contributed by atoms with Gasteiger partial charge in [0.05, 0.1) is 0 Å². The minimum Gasteiger partial charge on any atom is -0.314 e. The van der Waals surface area contributed by atoms with E-state index in [9.17, 15) is 0 Å². The number of rotatable bonds is 5. The maximum atomic E-state index is 4.62. The molecule has 1 aromatic carbocycles. The molecule has 0 spiro atoms. The van der Waals surface area contributed by atoms with Gasteiger partial charge in [-0.1, -0.05) is 18.2 Å². The molecule has 0 bridgehead atoms. The molecule has 0 amide bonds. The minimum absolute atomic E-state index is 0.709. The van der Waals surface area contributed by atoms with Crippen molar-refractivity contribution < 1.29 is 0 Å². The van der Waals surface area contributed by atoms with Crippen LogP contribution in [0.2, 0.25) is 0 Å². The summed E-state index contributed by atoms with van der Waals surface area (Å²) in [5.41, 5.74) is 3.32. The highest BCUT2D eigenvalue weighted by Crippen LogP contribution is 2.22. The van der Waals surface area contributed by atoms with Crippen LogP contribution >= 0.6 is 0 Å². The molecule has 1 N–H and O–H groups in total. The van der Waals surface area contributed by atoms with E-state index in [1.165, 1.54) is 18.4 Å². The van der Waals surface area contributed by atoms with Crippen molar-refractivity contribution in [2.24, 2.45) is 0 Å². The largest absolute Gasteiger partial charge is 0.314 e. The van der Waals surface area contributed by atoms with Crippen molar-refractivity contribution in [3.05, 3.63) is 47.8 Å². The van der Waals surface area contributed by atoms with Gasteiger partial charge in [-0.05, 0) is 31.9 Å². The SMILES string of the molecule is Cc1nc(N(C)c2ccccc2)ncc1CNC1CC1. The number of anilines is 2. The summed E-state index contributed by atoms with van der Waals surface area (Å²) in [6, 6.07) is 10.9. The number of hydrogen-bond donors (Lipinski definition) is 1. The molecule has 4 heteroatoms. The second kappa shape index (κ2) is 5.59. The van der Waals surface area contributed by atoms with Crippen LogP contribution in [0, 0.1) is 6.92 Å². The van der Waals surface area contributed by atoms with Crippen molar-refractivity contribution in [2.45, 2.75) is 32.4 Å². The summed E-state index contributed by atoms with van der Waals surface area (Å²) in [4.78, 5) is 11.1. The van der Waals surface area contributed by atoms with E-state index in [1.807, 2.05) is 43.3 Å². The summed E-state index contributed by atoms with van der Waals surface area (Å²) in [5.74, 6) is 0.740. The van der Waals surface area contributed by atoms with E-state index in [-0.39, 0.29) is 0 Å².